The number of hydrogen-bond acceptors (Lipinski definition) is 4. The van der Waals surface area contributed by atoms with E-state index in [1.54, 1.807) is 0 Å². The highest BCUT2D eigenvalue weighted by Gasteiger charge is 2.23. The average Bonchev–Trinajstić information content (AvgIpc) is 3.05. The fourth-order valence-corrected chi connectivity index (χ4v) is 3.64. The molecule has 0 bridgehead atoms. The Morgan fingerprint density at radius 2 is 1.80 bits per heavy atom. The van der Waals surface area contributed by atoms with Crippen LogP contribution >= 0.6 is 0 Å². The Morgan fingerprint density at radius 3 is 2.32 bits per heavy atom. The minimum atomic E-state index is -3.72. The van der Waals surface area contributed by atoms with Crippen LogP contribution in [0.1, 0.15) is 33.1 Å². The zero-order valence-corrected chi connectivity index (χ0v) is 15.7. The van der Waals surface area contributed by atoms with E-state index in [0.717, 1.165) is 19.5 Å². The van der Waals surface area contributed by atoms with Gasteiger partial charge in [-0.3, -0.25) is 4.90 Å². The summed E-state index contributed by atoms with van der Waals surface area (Å²) in [5, 5.41) is 10.7. The third-order valence-electron chi connectivity index (χ3n) is 4.34. The molecule has 0 spiro atoms. The summed E-state index contributed by atoms with van der Waals surface area (Å²) in [7, 11) is -3.72. The van der Waals surface area contributed by atoms with E-state index < -0.39 is 10.0 Å². The normalized spacial score (nSPS) is 16.8. The molecule has 1 atom stereocenters. The minimum Gasteiger partial charge on any atom is -0.336 e. The number of nitrogens with zero attached hydrogens (tertiary/aromatic N) is 1. The minimum absolute atomic E-state index is 0.0180. The predicted molar refractivity (Wildman–Crippen MR) is 98.9 cm³/mol. The van der Waals surface area contributed by atoms with Crippen LogP contribution in [0.3, 0.4) is 0 Å². The summed E-state index contributed by atoms with van der Waals surface area (Å²) in [6.45, 7) is 7.16. The lowest BCUT2D eigenvalue weighted by molar-refractivity contribution is 0.204. The molecule has 0 unspecified atom stereocenters. The van der Waals surface area contributed by atoms with Crippen molar-refractivity contribution in [2.24, 2.45) is 11.1 Å². The Balaban J connectivity index is 1.87. The highest BCUT2D eigenvalue weighted by atomic mass is 32.2. The number of carbonyl (C=O) groups excluding carboxylic acids is 1. The smallest absolute Gasteiger partial charge is 0.319 e. The van der Waals surface area contributed by atoms with Gasteiger partial charge in [0, 0.05) is 18.3 Å². The lowest BCUT2D eigenvalue weighted by Gasteiger charge is -2.29. The number of nitrogens with two attached hydrogens (primary N) is 1. The van der Waals surface area contributed by atoms with Gasteiger partial charge in [0.2, 0.25) is 10.0 Å². The molecule has 1 aromatic carbocycles. The first-order valence-corrected chi connectivity index (χ1v) is 10.2. The molecule has 8 heteroatoms. The predicted octanol–water partition coefficient (Wildman–Crippen LogP) is 1.97. The summed E-state index contributed by atoms with van der Waals surface area (Å²) in [6.07, 6.45) is 3.48. The monoisotopic (exact) mass is 368 g/mol. The van der Waals surface area contributed by atoms with E-state index >= 15 is 0 Å². The molecule has 1 fully saturated rings. The highest BCUT2D eigenvalue weighted by molar-refractivity contribution is 7.89. The molecule has 4 N–H and O–H groups in total. The Hall–Kier alpha value is -1.64. The van der Waals surface area contributed by atoms with Crippen molar-refractivity contribution >= 4 is 21.7 Å². The van der Waals surface area contributed by atoms with Crippen molar-refractivity contribution in [1.29, 1.82) is 0 Å². The van der Waals surface area contributed by atoms with Gasteiger partial charge in [0.05, 0.1) is 4.90 Å². The van der Waals surface area contributed by atoms with Crippen LogP contribution in [-0.2, 0) is 10.0 Å². The van der Waals surface area contributed by atoms with Crippen LogP contribution in [-0.4, -0.2) is 45.0 Å². The Labute approximate surface area is 150 Å². The molecule has 7 nitrogen and oxygen atoms in total. The average molecular weight is 369 g/mol. The number of sulfonamides is 1. The van der Waals surface area contributed by atoms with Crippen LogP contribution in [0.15, 0.2) is 29.2 Å². The Bertz CT molecular complexity index is 668. The first-order chi connectivity index (χ1) is 11.8. The molecule has 0 aromatic heterocycles. The van der Waals surface area contributed by atoms with E-state index in [1.165, 1.54) is 37.1 Å². The van der Waals surface area contributed by atoms with E-state index in [-0.39, 0.29) is 10.9 Å². The lowest BCUT2D eigenvalue weighted by Crippen LogP contribution is -2.44. The second-order valence-electron chi connectivity index (χ2n) is 6.93. The van der Waals surface area contributed by atoms with Gasteiger partial charge >= 0.3 is 6.03 Å². The molecule has 25 heavy (non-hydrogen) atoms. The molecule has 2 rings (SSSR count). The number of likely N-dealkylation sites (tertiary alicyclic amines) is 1. The van der Waals surface area contributed by atoms with Crippen molar-refractivity contribution in [3.8, 4) is 0 Å². The van der Waals surface area contributed by atoms with Crippen molar-refractivity contribution in [3.63, 3.8) is 0 Å². The number of benzene rings is 1. The van der Waals surface area contributed by atoms with E-state index in [0.29, 0.717) is 24.2 Å². The van der Waals surface area contributed by atoms with Gasteiger partial charge in [0.1, 0.15) is 0 Å². The number of nitrogens with one attached hydrogen (secondary N) is 2. The van der Waals surface area contributed by atoms with Gasteiger partial charge in [-0.25, -0.2) is 18.4 Å². The molecule has 1 aromatic rings. The summed E-state index contributed by atoms with van der Waals surface area (Å²) in [5.41, 5.74) is 0.520. The molecule has 0 aliphatic carbocycles. The van der Waals surface area contributed by atoms with Gasteiger partial charge in [0.15, 0.2) is 0 Å². The molecule has 0 radical (unpaired) electrons. The van der Waals surface area contributed by atoms with Gasteiger partial charge in [-0.2, -0.15) is 0 Å². The zero-order valence-electron chi connectivity index (χ0n) is 14.9. The van der Waals surface area contributed by atoms with Crippen LogP contribution in [0.5, 0.6) is 0 Å². The molecule has 1 aliphatic heterocycles. The maximum atomic E-state index is 12.1. The van der Waals surface area contributed by atoms with Crippen LogP contribution in [0.2, 0.25) is 0 Å². The number of rotatable bonds is 7. The van der Waals surface area contributed by atoms with E-state index in [2.05, 4.69) is 29.4 Å². The maximum absolute atomic E-state index is 12.1. The van der Waals surface area contributed by atoms with Gasteiger partial charge in [-0.1, -0.05) is 13.8 Å². The van der Waals surface area contributed by atoms with Crippen LogP contribution < -0.4 is 15.8 Å². The number of hydrogen-bond donors (Lipinski definition) is 3. The Kier molecular flexibility index (Phi) is 6.80. The van der Waals surface area contributed by atoms with Crippen molar-refractivity contribution in [3.05, 3.63) is 24.3 Å². The van der Waals surface area contributed by atoms with Crippen LogP contribution in [0.25, 0.3) is 0 Å². The molecule has 1 heterocycles. The third-order valence-corrected chi connectivity index (χ3v) is 5.27. The van der Waals surface area contributed by atoms with Crippen molar-refractivity contribution < 1.29 is 13.2 Å². The summed E-state index contributed by atoms with van der Waals surface area (Å²) in [5.74, 6) is 0.571. The number of amides is 2. The highest BCUT2D eigenvalue weighted by Crippen LogP contribution is 2.17. The number of primary sulfonamides is 1. The Morgan fingerprint density at radius 1 is 1.20 bits per heavy atom. The van der Waals surface area contributed by atoms with Crippen molar-refractivity contribution in [1.82, 2.24) is 10.2 Å². The van der Waals surface area contributed by atoms with Crippen LogP contribution in [0.4, 0.5) is 10.5 Å². The van der Waals surface area contributed by atoms with Gasteiger partial charge in [-0.05, 0) is 62.5 Å². The topological polar surface area (TPSA) is 105 Å². The van der Waals surface area contributed by atoms with Crippen LogP contribution in [0, 0.1) is 5.92 Å². The van der Waals surface area contributed by atoms with Gasteiger partial charge in [-0.15, -0.1) is 0 Å². The number of anilines is 1. The standard InChI is InChI=1S/C17H28N4O3S/c1-13(2)11-15(21-9-3-4-10-21)12-19-17(22)20-14-5-7-16(8-6-14)25(18,23)24/h5-8,13,15H,3-4,9-12H2,1-2H3,(H2,18,23,24)(H2,19,20,22)/t15-/m1/s1. The van der Waals surface area contributed by atoms with Crippen molar-refractivity contribution in [2.75, 3.05) is 25.0 Å². The van der Waals surface area contributed by atoms with Crippen molar-refractivity contribution in [2.45, 2.75) is 44.0 Å². The molecular formula is C17H28N4O3S. The number of urea groups is 1. The molecule has 1 aliphatic rings. The van der Waals surface area contributed by atoms with Gasteiger partial charge < -0.3 is 10.6 Å². The second-order valence-corrected chi connectivity index (χ2v) is 8.49. The third kappa shape index (κ3) is 6.30. The largest absolute Gasteiger partial charge is 0.336 e. The van der Waals surface area contributed by atoms with E-state index in [9.17, 15) is 13.2 Å². The first-order valence-electron chi connectivity index (χ1n) is 8.67. The summed E-state index contributed by atoms with van der Waals surface area (Å²) in [4.78, 5) is 14.6. The van der Waals surface area contributed by atoms with Gasteiger partial charge in [0.25, 0.3) is 0 Å². The van der Waals surface area contributed by atoms with E-state index in [4.69, 9.17) is 5.14 Å². The summed E-state index contributed by atoms with van der Waals surface area (Å²) >= 11 is 0. The molecule has 2 amide bonds. The zero-order chi connectivity index (χ0) is 18.4. The number of carbonyl (C=O) groups is 1. The molecule has 140 valence electrons. The second kappa shape index (κ2) is 8.64. The summed E-state index contributed by atoms with van der Waals surface area (Å²) < 4.78 is 22.5. The first kappa shape index (κ1) is 19.7. The fraction of sp³-hybridized carbons (Fsp3) is 0.588. The quantitative estimate of drug-likeness (QED) is 0.684. The molecule has 0 saturated carbocycles. The maximum Gasteiger partial charge on any atom is 0.319 e. The SMILES string of the molecule is CC(C)C[C@H](CNC(=O)Nc1ccc(S(N)(=O)=O)cc1)N1CCCC1. The summed E-state index contributed by atoms with van der Waals surface area (Å²) in [6, 6.07) is 5.83. The lowest BCUT2D eigenvalue weighted by atomic mass is 10.0. The molecule has 1 saturated heterocycles. The fourth-order valence-electron chi connectivity index (χ4n) is 3.13. The molecular weight excluding hydrogens is 340 g/mol. The van der Waals surface area contributed by atoms with E-state index in [1.807, 2.05) is 0 Å².